The average molecular weight is 314 g/mol. The standard InChI is InChI=1S/C14H11Cl3N2/c15-10-4-12(17)14(5-11(10)16)19-6-8-2-1-3-13(18)9(8)7-19/h1-5H,6-7,18H2. The lowest BCUT2D eigenvalue weighted by Crippen LogP contribution is -2.15. The number of fused-ring (bicyclic) bond motifs is 1. The maximum Gasteiger partial charge on any atom is 0.0655 e. The lowest BCUT2D eigenvalue weighted by molar-refractivity contribution is 0.881. The van der Waals surface area contributed by atoms with Crippen LogP contribution < -0.4 is 10.6 Å². The number of benzene rings is 2. The topological polar surface area (TPSA) is 29.3 Å². The quantitative estimate of drug-likeness (QED) is 0.608. The van der Waals surface area contributed by atoms with Crippen molar-refractivity contribution in [2.24, 2.45) is 0 Å². The molecule has 2 N–H and O–H groups in total. The van der Waals surface area contributed by atoms with E-state index in [-0.39, 0.29) is 0 Å². The maximum absolute atomic E-state index is 6.25. The Balaban J connectivity index is 1.99. The summed E-state index contributed by atoms with van der Waals surface area (Å²) < 4.78 is 0. The Kier molecular flexibility index (Phi) is 3.25. The highest BCUT2D eigenvalue weighted by molar-refractivity contribution is 6.44. The van der Waals surface area contributed by atoms with Crippen LogP contribution in [0.2, 0.25) is 15.1 Å². The number of halogens is 3. The summed E-state index contributed by atoms with van der Waals surface area (Å²) in [6.07, 6.45) is 0. The Bertz CT molecular complexity index is 655. The lowest BCUT2D eigenvalue weighted by atomic mass is 10.1. The molecule has 5 heteroatoms. The van der Waals surface area contributed by atoms with Gasteiger partial charge in [0.15, 0.2) is 0 Å². The van der Waals surface area contributed by atoms with Gasteiger partial charge in [0.25, 0.3) is 0 Å². The third kappa shape index (κ3) is 2.25. The smallest absolute Gasteiger partial charge is 0.0655 e. The predicted molar refractivity (Wildman–Crippen MR) is 82.2 cm³/mol. The Hall–Kier alpha value is -1.09. The molecular weight excluding hydrogens is 303 g/mol. The first-order valence-corrected chi connectivity index (χ1v) is 6.95. The van der Waals surface area contributed by atoms with Crippen LogP contribution in [0.1, 0.15) is 11.1 Å². The number of rotatable bonds is 1. The molecule has 0 amide bonds. The molecule has 2 aromatic carbocycles. The van der Waals surface area contributed by atoms with Gasteiger partial charge >= 0.3 is 0 Å². The Labute approximate surface area is 126 Å². The SMILES string of the molecule is Nc1cccc2c1CN(c1cc(Cl)c(Cl)cc1Cl)C2. The fraction of sp³-hybridized carbons (Fsp3) is 0.143. The number of nitrogen functional groups attached to an aromatic ring is 1. The van der Waals surface area contributed by atoms with Crippen LogP contribution in [0.15, 0.2) is 30.3 Å². The minimum absolute atomic E-state index is 0.464. The Morgan fingerprint density at radius 2 is 1.68 bits per heavy atom. The van der Waals surface area contributed by atoms with Gasteiger partial charge in [0.2, 0.25) is 0 Å². The van der Waals surface area contributed by atoms with Gasteiger partial charge in [-0.25, -0.2) is 0 Å². The van der Waals surface area contributed by atoms with Crippen LogP contribution >= 0.6 is 34.8 Å². The summed E-state index contributed by atoms with van der Waals surface area (Å²) >= 11 is 18.3. The molecule has 0 saturated heterocycles. The summed E-state index contributed by atoms with van der Waals surface area (Å²) in [6, 6.07) is 9.44. The molecule has 0 aliphatic carbocycles. The molecule has 0 spiro atoms. The molecule has 2 aromatic rings. The van der Waals surface area contributed by atoms with Gasteiger partial charge < -0.3 is 10.6 Å². The molecule has 19 heavy (non-hydrogen) atoms. The van der Waals surface area contributed by atoms with Crippen molar-refractivity contribution in [1.29, 1.82) is 0 Å². The number of hydrogen-bond donors (Lipinski definition) is 1. The fourth-order valence-corrected chi connectivity index (χ4v) is 3.03. The molecule has 1 aliphatic rings. The van der Waals surface area contributed by atoms with E-state index in [0.717, 1.165) is 30.0 Å². The van der Waals surface area contributed by atoms with Crippen molar-refractivity contribution in [2.75, 3.05) is 10.6 Å². The van der Waals surface area contributed by atoms with Gasteiger partial charge in [-0.1, -0.05) is 46.9 Å². The van der Waals surface area contributed by atoms with E-state index in [9.17, 15) is 0 Å². The van der Waals surface area contributed by atoms with Crippen LogP contribution in [-0.4, -0.2) is 0 Å². The zero-order valence-corrected chi connectivity index (χ0v) is 12.2. The first kappa shape index (κ1) is 12.9. The van der Waals surface area contributed by atoms with Crippen LogP contribution in [-0.2, 0) is 13.1 Å². The van der Waals surface area contributed by atoms with Crippen molar-refractivity contribution in [3.05, 3.63) is 56.5 Å². The zero-order chi connectivity index (χ0) is 13.6. The normalized spacial score (nSPS) is 13.7. The molecule has 0 unspecified atom stereocenters. The zero-order valence-electron chi connectivity index (χ0n) is 9.96. The molecule has 3 rings (SSSR count). The van der Waals surface area contributed by atoms with Crippen molar-refractivity contribution in [1.82, 2.24) is 0 Å². The number of anilines is 2. The van der Waals surface area contributed by atoms with E-state index in [2.05, 4.69) is 11.0 Å². The first-order chi connectivity index (χ1) is 9.06. The molecule has 0 radical (unpaired) electrons. The van der Waals surface area contributed by atoms with Gasteiger partial charge in [0.1, 0.15) is 0 Å². The van der Waals surface area contributed by atoms with Crippen molar-refractivity contribution < 1.29 is 0 Å². The van der Waals surface area contributed by atoms with Gasteiger partial charge in [-0.2, -0.15) is 0 Å². The molecular formula is C14H11Cl3N2. The van der Waals surface area contributed by atoms with Crippen molar-refractivity contribution in [3.8, 4) is 0 Å². The molecule has 1 heterocycles. The summed E-state index contributed by atoms with van der Waals surface area (Å²) in [6.45, 7) is 1.51. The molecule has 1 aliphatic heterocycles. The molecule has 98 valence electrons. The number of nitrogens with two attached hydrogens (primary N) is 1. The Morgan fingerprint density at radius 1 is 0.947 bits per heavy atom. The van der Waals surface area contributed by atoms with E-state index < -0.39 is 0 Å². The third-order valence-electron chi connectivity index (χ3n) is 3.35. The lowest BCUT2D eigenvalue weighted by Gasteiger charge is -2.20. The minimum Gasteiger partial charge on any atom is -0.398 e. The van der Waals surface area contributed by atoms with Crippen LogP contribution in [0.5, 0.6) is 0 Å². The minimum atomic E-state index is 0.464. The monoisotopic (exact) mass is 312 g/mol. The van der Waals surface area contributed by atoms with Crippen molar-refractivity contribution >= 4 is 46.2 Å². The van der Waals surface area contributed by atoms with Gasteiger partial charge in [0, 0.05) is 18.8 Å². The van der Waals surface area contributed by atoms with Gasteiger partial charge in [-0.3, -0.25) is 0 Å². The Morgan fingerprint density at radius 3 is 2.42 bits per heavy atom. The van der Waals surface area contributed by atoms with Crippen LogP contribution in [0.4, 0.5) is 11.4 Å². The van der Waals surface area contributed by atoms with Crippen LogP contribution in [0.3, 0.4) is 0 Å². The van der Waals surface area contributed by atoms with Gasteiger partial charge in [-0.15, -0.1) is 0 Å². The average Bonchev–Trinajstić information content (AvgIpc) is 2.79. The van der Waals surface area contributed by atoms with E-state index in [4.69, 9.17) is 40.5 Å². The van der Waals surface area contributed by atoms with E-state index in [1.807, 2.05) is 12.1 Å². The highest BCUT2D eigenvalue weighted by Crippen LogP contribution is 2.39. The van der Waals surface area contributed by atoms with Crippen LogP contribution in [0.25, 0.3) is 0 Å². The first-order valence-electron chi connectivity index (χ1n) is 5.82. The summed E-state index contributed by atoms with van der Waals surface area (Å²) in [5.74, 6) is 0. The predicted octanol–water partition coefficient (Wildman–Crippen LogP) is 4.75. The van der Waals surface area contributed by atoms with Gasteiger partial charge in [-0.05, 0) is 29.3 Å². The summed E-state index contributed by atoms with van der Waals surface area (Å²) in [7, 11) is 0. The van der Waals surface area contributed by atoms with Crippen LogP contribution in [0, 0.1) is 0 Å². The van der Waals surface area contributed by atoms with Crippen molar-refractivity contribution in [3.63, 3.8) is 0 Å². The summed E-state index contributed by atoms with van der Waals surface area (Å²) in [5, 5.41) is 1.57. The summed E-state index contributed by atoms with van der Waals surface area (Å²) in [5.41, 5.74) is 10.1. The van der Waals surface area contributed by atoms with E-state index in [0.29, 0.717) is 15.1 Å². The highest BCUT2D eigenvalue weighted by Gasteiger charge is 2.23. The summed E-state index contributed by atoms with van der Waals surface area (Å²) in [4.78, 5) is 2.14. The number of nitrogens with zero attached hydrogens (tertiary/aromatic N) is 1. The molecule has 0 aromatic heterocycles. The molecule has 0 bridgehead atoms. The molecule has 0 saturated carbocycles. The molecule has 2 nitrogen and oxygen atoms in total. The van der Waals surface area contributed by atoms with E-state index in [1.54, 1.807) is 12.1 Å². The second-order valence-electron chi connectivity index (χ2n) is 4.56. The second-order valence-corrected chi connectivity index (χ2v) is 5.78. The molecule has 0 atom stereocenters. The third-order valence-corrected chi connectivity index (χ3v) is 4.37. The van der Waals surface area contributed by atoms with E-state index >= 15 is 0 Å². The highest BCUT2D eigenvalue weighted by atomic mass is 35.5. The second kappa shape index (κ2) is 4.78. The van der Waals surface area contributed by atoms with Gasteiger partial charge in [0.05, 0.1) is 20.8 Å². The molecule has 0 fully saturated rings. The number of hydrogen-bond acceptors (Lipinski definition) is 2. The van der Waals surface area contributed by atoms with E-state index in [1.165, 1.54) is 5.56 Å². The fourth-order valence-electron chi connectivity index (χ4n) is 2.37. The maximum atomic E-state index is 6.25. The largest absolute Gasteiger partial charge is 0.398 e. The van der Waals surface area contributed by atoms with Crippen molar-refractivity contribution in [2.45, 2.75) is 13.1 Å².